The van der Waals surface area contributed by atoms with Gasteiger partial charge in [-0.2, -0.15) is 0 Å². The zero-order valence-corrected chi connectivity index (χ0v) is 16.6. The van der Waals surface area contributed by atoms with Crippen molar-refractivity contribution < 1.29 is 18.7 Å². The fraction of sp³-hybridized carbons (Fsp3) is 0.348. The normalized spacial score (nSPS) is 28.8. The third-order valence-electron chi connectivity index (χ3n) is 6.33. The van der Waals surface area contributed by atoms with Crippen molar-refractivity contribution in [2.75, 3.05) is 25.0 Å². The van der Waals surface area contributed by atoms with Crippen LogP contribution in [0, 0.1) is 17.7 Å². The molecule has 2 fully saturated rings. The smallest absolute Gasteiger partial charge is 0.234 e. The van der Waals surface area contributed by atoms with Crippen LogP contribution in [0.25, 0.3) is 0 Å². The Hall–Kier alpha value is -3.06. The topological polar surface area (TPSA) is 62.7 Å². The van der Waals surface area contributed by atoms with Crippen LogP contribution in [0.1, 0.15) is 5.69 Å². The molecular weight excluding hydrogens is 385 g/mol. The molecule has 1 aromatic carbocycles. The van der Waals surface area contributed by atoms with E-state index in [0.717, 1.165) is 5.69 Å². The molecule has 1 spiro atoms. The molecule has 0 N–H and O–H groups in total. The van der Waals surface area contributed by atoms with E-state index < -0.39 is 17.4 Å². The highest BCUT2D eigenvalue weighted by Gasteiger charge is 2.67. The molecule has 1 aromatic heterocycles. The zero-order valence-electron chi connectivity index (χ0n) is 16.6. The molecule has 5 rings (SSSR count). The predicted octanol–water partition coefficient (Wildman–Crippen LogP) is 2.21. The van der Waals surface area contributed by atoms with Crippen molar-refractivity contribution in [1.82, 2.24) is 9.88 Å². The molecule has 3 aliphatic heterocycles. The number of amides is 2. The second-order valence-electron chi connectivity index (χ2n) is 8.13. The number of rotatable bonds is 5. The Balaban J connectivity index is 1.35. The lowest BCUT2D eigenvalue weighted by molar-refractivity contribution is -0.139. The molecule has 0 aliphatic carbocycles. The molecule has 0 radical (unpaired) electrons. The summed E-state index contributed by atoms with van der Waals surface area (Å²) in [5, 5.41) is 0. The third kappa shape index (κ3) is 2.92. The van der Waals surface area contributed by atoms with Gasteiger partial charge < -0.3 is 14.5 Å². The van der Waals surface area contributed by atoms with Gasteiger partial charge in [0.1, 0.15) is 11.4 Å². The Morgan fingerprint density at radius 2 is 2.10 bits per heavy atom. The van der Waals surface area contributed by atoms with Gasteiger partial charge >= 0.3 is 0 Å². The van der Waals surface area contributed by atoms with Crippen LogP contribution in [-0.4, -0.2) is 53.5 Å². The molecule has 30 heavy (non-hydrogen) atoms. The summed E-state index contributed by atoms with van der Waals surface area (Å²) in [7, 11) is 1.75. The van der Waals surface area contributed by atoms with Gasteiger partial charge in [0.25, 0.3) is 0 Å². The number of aromatic nitrogens is 1. The van der Waals surface area contributed by atoms with Crippen molar-refractivity contribution in [3.8, 4) is 0 Å². The first-order valence-corrected chi connectivity index (χ1v) is 10.1. The average molecular weight is 407 g/mol. The van der Waals surface area contributed by atoms with Crippen LogP contribution in [0.15, 0.2) is 60.8 Å². The van der Waals surface area contributed by atoms with Gasteiger partial charge in [-0.1, -0.05) is 18.2 Å². The summed E-state index contributed by atoms with van der Waals surface area (Å²) in [5.41, 5.74) is 0.732. The minimum Gasteiger partial charge on any atom is -0.360 e. The van der Waals surface area contributed by atoms with Crippen LogP contribution in [-0.2, 0) is 20.7 Å². The Morgan fingerprint density at radius 1 is 1.30 bits per heavy atom. The van der Waals surface area contributed by atoms with E-state index in [0.29, 0.717) is 25.2 Å². The number of fused-ring (bicyclic) bond motifs is 1. The van der Waals surface area contributed by atoms with Crippen LogP contribution in [0.3, 0.4) is 0 Å². The van der Waals surface area contributed by atoms with Crippen molar-refractivity contribution in [1.29, 1.82) is 0 Å². The molecule has 3 aliphatic rings. The van der Waals surface area contributed by atoms with Gasteiger partial charge in [0.05, 0.1) is 24.5 Å². The molecule has 2 saturated heterocycles. The second-order valence-corrected chi connectivity index (χ2v) is 8.13. The number of hydrogen-bond donors (Lipinski definition) is 0. The summed E-state index contributed by atoms with van der Waals surface area (Å²) in [4.78, 5) is 34.2. The largest absolute Gasteiger partial charge is 0.360 e. The molecule has 7 heteroatoms. The standard InChI is InChI=1S/C23H22FN3O3/c1-26(13-10-16-4-2-3-12-25-16)21(28)19-18-9-11-23(30-18)14-27(22(29)20(19)23)17-7-5-15(24)6-8-17/h2-9,11-12,18-20H,10,13-14H2,1H3/t18-,19+,20+,23-/m0/s1. The van der Waals surface area contributed by atoms with Crippen molar-refractivity contribution in [3.05, 3.63) is 72.3 Å². The van der Waals surface area contributed by atoms with Crippen LogP contribution < -0.4 is 4.90 Å². The van der Waals surface area contributed by atoms with Crippen LogP contribution >= 0.6 is 0 Å². The lowest BCUT2D eigenvalue weighted by atomic mass is 9.76. The molecule has 2 aromatic rings. The van der Waals surface area contributed by atoms with E-state index in [1.54, 1.807) is 35.2 Å². The molecule has 2 bridgehead atoms. The molecule has 4 atom stereocenters. The highest BCUT2D eigenvalue weighted by Crippen LogP contribution is 2.53. The minimum atomic E-state index is -0.793. The van der Waals surface area contributed by atoms with Gasteiger partial charge in [0.2, 0.25) is 11.8 Å². The quantitative estimate of drug-likeness (QED) is 0.713. The van der Waals surface area contributed by atoms with Crippen molar-refractivity contribution in [2.45, 2.75) is 18.1 Å². The SMILES string of the molecule is CN(CCc1ccccn1)C(=O)[C@@H]1[C@@H]2C=C[C@@]3(CN(c4ccc(F)cc4)C(=O)[C@@H]13)O2. The maximum Gasteiger partial charge on any atom is 0.234 e. The van der Waals surface area contributed by atoms with Crippen LogP contribution in [0.4, 0.5) is 10.1 Å². The predicted molar refractivity (Wildman–Crippen MR) is 108 cm³/mol. The number of likely N-dealkylation sites (N-methyl/N-ethyl adjacent to an activating group) is 1. The molecule has 2 amide bonds. The Morgan fingerprint density at radius 3 is 2.83 bits per heavy atom. The van der Waals surface area contributed by atoms with E-state index in [1.807, 2.05) is 30.4 Å². The minimum absolute atomic E-state index is 0.0959. The van der Waals surface area contributed by atoms with Gasteiger partial charge in [0, 0.05) is 37.6 Å². The first-order chi connectivity index (χ1) is 14.5. The number of benzene rings is 1. The van der Waals surface area contributed by atoms with Crippen molar-refractivity contribution in [2.24, 2.45) is 11.8 Å². The molecule has 4 heterocycles. The van der Waals surface area contributed by atoms with E-state index in [2.05, 4.69) is 4.98 Å². The molecular formula is C23H22FN3O3. The van der Waals surface area contributed by atoms with E-state index in [1.165, 1.54) is 12.1 Å². The number of carbonyl (C=O) groups excluding carboxylic acids is 2. The summed E-state index contributed by atoms with van der Waals surface area (Å²) in [5.74, 6) is -1.72. The molecule has 0 saturated carbocycles. The maximum absolute atomic E-state index is 13.3. The fourth-order valence-corrected chi connectivity index (χ4v) is 4.81. The highest BCUT2D eigenvalue weighted by atomic mass is 19.1. The van der Waals surface area contributed by atoms with Gasteiger partial charge in [0.15, 0.2) is 0 Å². The van der Waals surface area contributed by atoms with Gasteiger partial charge in [-0.25, -0.2) is 4.39 Å². The number of carbonyl (C=O) groups is 2. The monoisotopic (exact) mass is 407 g/mol. The average Bonchev–Trinajstić information content (AvgIpc) is 3.41. The van der Waals surface area contributed by atoms with Gasteiger partial charge in [-0.3, -0.25) is 14.6 Å². The Labute approximate surface area is 174 Å². The first kappa shape index (κ1) is 18.9. The Bertz CT molecular complexity index is 1010. The number of anilines is 1. The summed E-state index contributed by atoms with van der Waals surface area (Å²) in [6.45, 7) is 0.842. The van der Waals surface area contributed by atoms with E-state index >= 15 is 0 Å². The molecule has 0 unspecified atom stereocenters. The number of halogens is 1. The number of hydrogen-bond acceptors (Lipinski definition) is 4. The summed E-state index contributed by atoms with van der Waals surface area (Å²) < 4.78 is 19.5. The van der Waals surface area contributed by atoms with Crippen molar-refractivity contribution in [3.63, 3.8) is 0 Å². The summed E-state index contributed by atoms with van der Waals surface area (Å²) >= 11 is 0. The van der Waals surface area contributed by atoms with E-state index in [-0.39, 0.29) is 23.7 Å². The highest BCUT2D eigenvalue weighted by molar-refractivity contribution is 6.03. The lowest BCUT2D eigenvalue weighted by Gasteiger charge is -2.27. The molecule has 154 valence electrons. The maximum atomic E-state index is 13.3. The Kier molecular flexibility index (Phi) is 4.43. The zero-order chi connectivity index (χ0) is 20.9. The fourth-order valence-electron chi connectivity index (χ4n) is 4.81. The van der Waals surface area contributed by atoms with Gasteiger partial charge in [-0.15, -0.1) is 0 Å². The van der Waals surface area contributed by atoms with Crippen molar-refractivity contribution >= 4 is 17.5 Å². The van der Waals surface area contributed by atoms with Gasteiger partial charge in [-0.05, 0) is 36.4 Å². The summed E-state index contributed by atoms with van der Waals surface area (Å²) in [6, 6.07) is 11.5. The second kappa shape index (κ2) is 7.02. The van der Waals surface area contributed by atoms with E-state index in [4.69, 9.17) is 4.74 Å². The van der Waals surface area contributed by atoms with Crippen LogP contribution in [0.5, 0.6) is 0 Å². The first-order valence-electron chi connectivity index (χ1n) is 10.1. The van der Waals surface area contributed by atoms with E-state index in [9.17, 15) is 14.0 Å². The third-order valence-corrected chi connectivity index (χ3v) is 6.33. The lowest BCUT2D eigenvalue weighted by Crippen LogP contribution is -2.45. The number of ether oxygens (including phenoxy) is 1. The van der Waals surface area contributed by atoms with Crippen LogP contribution in [0.2, 0.25) is 0 Å². The number of pyridine rings is 1. The number of nitrogens with zero attached hydrogens (tertiary/aromatic N) is 3. The summed E-state index contributed by atoms with van der Waals surface area (Å²) in [6.07, 6.45) is 5.80. The molecule has 6 nitrogen and oxygen atoms in total.